The SMILES string of the molecule is CC[C@@H]1C[C@H]1[C@H](C)C(Cl)Cl. The number of halogens is 2. The third-order valence-corrected chi connectivity index (χ3v) is 3.37. The summed E-state index contributed by atoms with van der Waals surface area (Å²) in [6.07, 6.45) is 2.63. The molecule has 1 aliphatic carbocycles. The molecule has 0 aromatic carbocycles. The highest BCUT2D eigenvalue weighted by Crippen LogP contribution is 2.48. The summed E-state index contributed by atoms with van der Waals surface area (Å²) in [5, 5.41) is 0. The second kappa shape index (κ2) is 3.32. The van der Waals surface area contributed by atoms with E-state index in [0.717, 1.165) is 11.8 Å². The van der Waals surface area contributed by atoms with E-state index in [-0.39, 0.29) is 4.84 Å². The summed E-state index contributed by atoms with van der Waals surface area (Å²) in [4.78, 5) is -0.165. The number of hydrogen-bond donors (Lipinski definition) is 0. The van der Waals surface area contributed by atoms with Crippen LogP contribution >= 0.6 is 23.2 Å². The van der Waals surface area contributed by atoms with Crippen molar-refractivity contribution >= 4 is 23.2 Å². The van der Waals surface area contributed by atoms with Gasteiger partial charge in [0.15, 0.2) is 0 Å². The molecule has 0 aliphatic heterocycles. The first-order valence-corrected chi connectivity index (χ1v) is 4.82. The smallest absolute Gasteiger partial charge is 0.105 e. The molecule has 0 aromatic heterocycles. The van der Waals surface area contributed by atoms with E-state index in [9.17, 15) is 0 Å². The molecule has 0 aromatic rings. The molecule has 0 amide bonds. The minimum absolute atomic E-state index is 0.165. The van der Waals surface area contributed by atoms with E-state index in [1.165, 1.54) is 12.8 Å². The summed E-state index contributed by atoms with van der Waals surface area (Å²) < 4.78 is 0. The molecule has 2 heteroatoms. The Morgan fingerprint density at radius 1 is 1.50 bits per heavy atom. The summed E-state index contributed by atoms with van der Waals surface area (Å²) in [6, 6.07) is 0. The Hall–Kier alpha value is 0.580. The van der Waals surface area contributed by atoms with Gasteiger partial charge in [-0.15, -0.1) is 23.2 Å². The van der Waals surface area contributed by atoms with Crippen molar-refractivity contribution in [3.8, 4) is 0 Å². The second-order valence-electron chi connectivity index (χ2n) is 3.26. The van der Waals surface area contributed by atoms with Gasteiger partial charge in [-0.25, -0.2) is 0 Å². The molecular formula is C8H14Cl2. The summed E-state index contributed by atoms with van der Waals surface area (Å²) >= 11 is 11.5. The molecule has 1 rings (SSSR count). The van der Waals surface area contributed by atoms with E-state index in [0.29, 0.717) is 5.92 Å². The van der Waals surface area contributed by atoms with Gasteiger partial charge in [0.1, 0.15) is 4.84 Å². The minimum Gasteiger partial charge on any atom is -0.105 e. The van der Waals surface area contributed by atoms with Crippen molar-refractivity contribution in [1.29, 1.82) is 0 Å². The van der Waals surface area contributed by atoms with Gasteiger partial charge < -0.3 is 0 Å². The van der Waals surface area contributed by atoms with Gasteiger partial charge in [0.05, 0.1) is 0 Å². The number of rotatable bonds is 3. The van der Waals surface area contributed by atoms with Crippen molar-refractivity contribution in [3.05, 3.63) is 0 Å². The van der Waals surface area contributed by atoms with E-state index in [2.05, 4.69) is 13.8 Å². The quantitative estimate of drug-likeness (QED) is 0.584. The van der Waals surface area contributed by atoms with Crippen LogP contribution in [0.25, 0.3) is 0 Å². The molecule has 3 atom stereocenters. The van der Waals surface area contributed by atoms with Gasteiger partial charge in [-0.1, -0.05) is 20.3 Å². The van der Waals surface area contributed by atoms with Gasteiger partial charge in [-0.2, -0.15) is 0 Å². The lowest BCUT2D eigenvalue weighted by molar-refractivity contribution is 0.498. The molecule has 10 heavy (non-hydrogen) atoms. The maximum atomic E-state index is 5.75. The normalized spacial score (nSPS) is 34.5. The van der Waals surface area contributed by atoms with Gasteiger partial charge in [0, 0.05) is 0 Å². The monoisotopic (exact) mass is 180 g/mol. The van der Waals surface area contributed by atoms with Gasteiger partial charge in [0.25, 0.3) is 0 Å². The fourth-order valence-electron chi connectivity index (χ4n) is 1.57. The van der Waals surface area contributed by atoms with E-state index in [1.54, 1.807) is 0 Å². The molecule has 0 N–H and O–H groups in total. The van der Waals surface area contributed by atoms with Gasteiger partial charge >= 0.3 is 0 Å². The highest BCUT2D eigenvalue weighted by molar-refractivity contribution is 6.44. The number of alkyl halides is 2. The zero-order chi connectivity index (χ0) is 7.72. The molecular weight excluding hydrogens is 167 g/mol. The molecule has 0 nitrogen and oxygen atoms in total. The Labute approximate surface area is 72.9 Å². The van der Waals surface area contributed by atoms with E-state index in [1.807, 2.05) is 0 Å². The molecule has 0 bridgehead atoms. The third-order valence-electron chi connectivity index (χ3n) is 2.57. The van der Waals surface area contributed by atoms with Crippen molar-refractivity contribution in [3.63, 3.8) is 0 Å². The Balaban J connectivity index is 2.25. The van der Waals surface area contributed by atoms with Crippen molar-refractivity contribution in [2.75, 3.05) is 0 Å². The largest absolute Gasteiger partial charge is 0.110 e. The fraction of sp³-hybridized carbons (Fsp3) is 1.00. The molecule has 60 valence electrons. The Kier molecular flexibility index (Phi) is 2.88. The standard InChI is InChI=1S/C8H14Cl2/c1-3-6-4-7(6)5(2)8(9)10/h5-8H,3-4H2,1-2H3/t5-,6+,7-/m0/s1. The lowest BCUT2D eigenvalue weighted by Gasteiger charge is -2.10. The van der Waals surface area contributed by atoms with Crippen LogP contribution in [0.2, 0.25) is 0 Å². The second-order valence-corrected chi connectivity index (χ2v) is 4.43. The zero-order valence-corrected chi connectivity index (χ0v) is 7.99. The third kappa shape index (κ3) is 1.79. The van der Waals surface area contributed by atoms with Crippen molar-refractivity contribution in [1.82, 2.24) is 0 Å². The first-order valence-electron chi connectivity index (χ1n) is 3.95. The maximum Gasteiger partial charge on any atom is 0.110 e. The van der Waals surface area contributed by atoms with Crippen LogP contribution in [0.1, 0.15) is 26.7 Å². The zero-order valence-electron chi connectivity index (χ0n) is 6.48. The molecule has 1 saturated carbocycles. The molecule has 0 saturated heterocycles. The minimum atomic E-state index is -0.165. The topological polar surface area (TPSA) is 0 Å². The molecule has 1 fully saturated rings. The highest BCUT2D eigenvalue weighted by atomic mass is 35.5. The first kappa shape index (κ1) is 8.67. The Morgan fingerprint density at radius 2 is 2.10 bits per heavy atom. The predicted molar refractivity (Wildman–Crippen MR) is 46.5 cm³/mol. The van der Waals surface area contributed by atoms with Crippen LogP contribution in [-0.2, 0) is 0 Å². The number of hydrogen-bond acceptors (Lipinski definition) is 0. The van der Waals surface area contributed by atoms with Gasteiger partial charge in [-0.05, 0) is 24.2 Å². The van der Waals surface area contributed by atoms with Crippen molar-refractivity contribution < 1.29 is 0 Å². The molecule has 0 heterocycles. The summed E-state index contributed by atoms with van der Waals surface area (Å²) in [6.45, 7) is 4.37. The summed E-state index contributed by atoms with van der Waals surface area (Å²) in [7, 11) is 0. The van der Waals surface area contributed by atoms with Crippen LogP contribution < -0.4 is 0 Å². The summed E-state index contributed by atoms with van der Waals surface area (Å²) in [5.74, 6) is 2.22. The van der Waals surface area contributed by atoms with Gasteiger partial charge in [-0.3, -0.25) is 0 Å². The highest BCUT2D eigenvalue weighted by Gasteiger charge is 2.41. The van der Waals surface area contributed by atoms with Crippen LogP contribution in [0, 0.1) is 17.8 Å². The predicted octanol–water partition coefficient (Wildman–Crippen LogP) is 3.47. The van der Waals surface area contributed by atoms with Crippen LogP contribution in [0.4, 0.5) is 0 Å². The molecule has 1 aliphatic rings. The lowest BCUT2D eigenvalue weighted by atomic mass is 10.1. The van der Waals surface area contributed by atoms with Crippen LogP contribution in [0.3, 0.4) is 0 Å². The Bertz CT molecular complexity index is 112. The van der Waals surface area contributed by atoms with E-state index < -0.39 is 0 Å². The lowest BCUT2D eigenvalue weighted by Crippen LogP contribution is -2.07. The van der Waals surface area contributed by atoms with Crippen LogP contribution in [0.15, 0.2) is 0 Å². The molecule has 0 spiro atoms. The Morgan fingerprint density at radius 3 is 2.40 bits per heavy atom. The summed E-state index contributed by atoms with van der Waals surface area (Å²) in [5.41, 5.74) is 0. The molecule has 0 radical (unpaired) electrons. The first-order chi connectivity index (χ1) is 4.66. The molecule has 0 unspecified atom stereocenters. The van der Waals surface area contributed by atoms with E-state index >= 15 is 0 Å². The average molecular weight is 181 g/mol. The maximum absolute atomic E-state index is 5.75. The van der Waals surface area contributed by atoms with Crippen molar-refractivity contribution in [2.45, 2.75) is 31.5 Å². The van der Waals surface area contributed by atoms with Crippen molar-refractivity contribution in [2.24, 2.45) is 17.8 Å². The van der Waals surface area contributed by atoms with Crippen LogP contribution in [0.5, 0.6) is 0 Å². The fourth-order valence-corrected chi connectivity index (χ4v) is 1.94. The van der Waals surface area contributed by atoms with E-state index in [4.69, 9.17) is 23.2 Å². The average Bonchev–Trinajstić information content (AvgIpc) is 2.64. The van der Waals surface area contributed by atoms with Gasteiger partial charge in [0.2, 0.25) is 0 Å². The van der Waals surface area contributed by atoms with Crippen LogP contribution in [-0.4, -0.2) is 4.84 Å².